The maximum absolute atomic E-state index is 3.62. The van der Waals surface area contributed by atoms with E-state index in [4.69, 9.17) is 0 Å². The average Bonchev–Trinajstić information content (AvgIpc) is 2.60. The maximum Gasteiger partial charge on any atom is -0.0216 e. The molecule has 0 heterocycles. The largest absolute Gasteiger partial charge is 0.0991 e. The van der Waals surface area contributed by atoms with Crippen molar-refractivity contribution in [2.45, 2.75) is 92.9 Å². The molecule has 0 saturated heterocycles. The first-order valence-corrected chi connectivity index (χ1v) is 10.3. The SMILES string of the molecule is C=C/C=C(\C=C/C)CC.CCc1c(C(C)C)cc(C(C)C)cc1C(C)C. The molecule has 0 N–H and O–H groups in total. The monoisotopic (exact) mass is 354 g/mol. The summed E-state index contributed by atoms with van der Waals surface area (Å²) in [4.78, 5) is 0. The van der Waals surface area contributed by atoms with Crippen LogP contribution < -0.4 is 0 Å². The molecule has 1 rings (SSSR count). The summed E-state index contributed by atoms with van der Waals surface area (Å²) in [5.41, 5.74) is 7.52. The number of hydrogen-bond donors (Lipinski definition) is 0. The summed E-state index contributed by atoms with van der Waals surface area (Å²) in [5.74, 6) is 1.87. The van der Waals surface area contributed by atoms with Crippen LogP contribution in [-0.2, 0) is 6.42 Å². The zero-order valence-electron chi connectivity index (χ0n) is 18.8. The number of rotatable bonds is 7. The molecule has 0 nitrogen and oxygen atoms in total. The van der Waals surface area contributed by atoms with Gasteiger partial charge in [-0.1, -0.05) is 98.4 Å². The van der Waals surface area contributed by atoms with Crippen molar-refractivity contribution in [3.8, 4) is 0 Å². The van der Waals surface area contributed by atoms with Crippen LogP contribution in [0.15, 0.2) is 48.6 Å². The van der Waals surface area contributed by atoms with Crippen LogP contribution in [0.1, 0.15) is 109 Å². The van der Waals surface area contributed by atoms with Gasteiger partial charge < -0.3 is 0 Å². The first-order valence-electron chi connectivity index (χ1n) is 10.3. The summed E-state index contributed by atoms with van der Waals surface area (Å²) in [7, 11) is 0. The van der Waals surface area contributed by atoms with E-state index in [1.165, 1.54) is 11.1 Å². The molecule has 0 radical (unpaired) electrons. The first-order chi connectivity index (χ1) is 12.2. The molecule has 0 amide bonds. The second-order valence-corrected chi connectivity index (χ2v) is 7.83. The summed E-state index contributed by atoms with van der Waals surface area (Å²) in [6.07, 6.45) is 10.2. The van der Waals surface area contributed by atoms with Gasteiger partial charge in [0, 0.05) is 0 Å². The number of allylic oxidation sites excluding steroid dienone is 5. The Morgan fingerprint density at radius 3 is 1.69 bits per heavy atom. The second-order valence-electron chi connectivity index (χ2n) is 7.83. The Morgan fingerprint density at radius 2 is 1.42 bits per heavy atom. The zero-order chi connectivity index (χ0) is 20.3. The molecule has 0 atom stereocenters. The topological polar surface area (TPSA) is 0 Å². The van der Waals surface area contributed by atoms with Crippen molar-refractivity contribution in [1.82, 2.24) is 0 Å². The molecule has 0 heteroatoms. The fourth-order valence-electron chi connectivity index (χ4n) is 3.17. The van der Waals surface area contributed by atoms with Crippen molar-refractivity contribution in [3.63, 3.8) is 0 Å². The summed E-state index contributed by atoms with van der Waals surface area (Å²) >= 11 is 0. The Balaban J connectivity index is 0.000000590. The lowest BCUT2D eigenvalue weighted by Crippen LogP contribution is -2.05. The number of hydrogen-bond acceptors (Lipinski definition) is 0. The Kier molecular flexibility index (Phi) is 12.0. The molecule has 0 fully saturated rings. The molecule has 0 spiro atoms. The number of benzene rings is 1. The van der Waals surface area contributed by atoms with E-state index in [0.717, 1.165) is 12.8 Å². The van der Waals surface area contributed by atoms with Crippen LogP contribution in [0.4, 0.5) is 0 Å². The van der Waals surface area contributed by atoms with Crippen LogP contribution in [-0.4, -0.2) is 0 Å². The lowest BCUT2D eigenvalue weighted by Gasteiger charge is -2.22. The third kappa shape index (κ3) is 7.77. The molecule has 1 aromatic carbocycles. The van der Waals surface area contributed by atoms with Gasteiger partial charge in [-0.3, -0.25) is 0 Å². The van der Waals surface area contributed by atoms with E-state index >= 15 is 0 Å². The summed E-state index contributed by atoms with van der Waals surface area (Å²) in [6.45, 7) is 23.9. The molecule has 0 aliphatic heterocycles. The van der Waals surface area contributed by atoms with Gasteiger partial charge in [-0.25, -0.2) is 0 Å². The predicted octanol–water partition coefficient (Wildman–Crippen LogP) is 8.70. The highest BCUT2D eigenvalue weighted by Gasteiger charge is 2.15. The van der Waals surface area contributed by atoms with E-state index in [2.05, 4.69) is 80.2 Å². The van der Waals surface area contributed by atoms with Crippen molar-refractivity contribution >= 4 is 0 Å². The van der Waals surface area contributed by atoms with Crippen molar-refractivity contribution in [1.29, 1.82) is 0 Å². The summed E-state index contributed by atoms with van der Waals surface area (Å²) in [6, 6.07) is 4.86. The van der Waals surface area contributed by atoms with Gasteiger partial charge in [-0.15, -0.1) is 0 Å². The van der Waals surface area contributed by atoms with Crippen molar-refractivity contribution in [2.75, 3.05) is 0 Å². The fourth-order valence-corrected chi connectivity index (χ4v) is 3.17. The lowest BCUT2D eigenvalue weighted by molar-refractivity contribution is 0.779. The standard InChI is InChI=1S/C17H28.C9H14/c1-8-15-16(12(4)5)9-14(11(2)3)10-17(15)13(6)7;1-4-7-9(6-3)8-5-2/h9-13H,8H2,1-7H3;4-5,7-8H,1,6H2,2-3H3/b;8-5-,9-7-. The fraction of sp³-hybridized carbons (Fsp3) is 0.538. The molecule has 0 aromatic heterocycles. The van der Waals surface area contributed by atoms with Crippen molar-refractivity contribution < 1.29 is 0 Å². The Labute approximate surface area is 164 Å². The maximum atomic E-state index is 3.62. The molecule has 0 aliphatic carbocycles. The summed E-state index contributed by atoms with van der Waals surface area (Å²) in [5, 5.41) is 0. The highest BCUT2D eigenvalue weighted by molar-refractivity contribution is 5.43. The molecule has 26 heavy (non-hydrogen) atoms. The quantitative estimate of drug-likeness (QED) is 0.429. The van der Waals surface area contributed by atoms with E-state index in [-0.39, 0.29) is 0 Å². The normalized spacial score (nSPS) is 12.1. The van der Waals surface area contributed by atoms with Gasteiger partial charge in [0.05, 0.1) is 0 Å². The van der Waals surface area contributed by atoms with Crippen molar-refractivity contribution in [3.05, 3.63) is 70.8 Å². The van der Waals surface area contributed by atoms with Gasteiger partial charge in [0.15, 0.2) is 0 Å². The highest BCUT2D eigenvalue weighted by atomic mass is 14.2. The summed E-state index contributed by atoms with van der Waals surface area (Å²) < 4.78 is 0. The van der Waals surface area contributed by atoms with E-state index in [1.54, 1.807) is 16.7 Å². The predicted molar refractivity (Wildman–Crippen MR) is 121 cm³/mol. The van der Waals surface area contributed by atoms with Gasteiger partial charge >= 0.3 is 0 Å². The van der Waals surface area contributed by atoms with E-state index < -0.39 is 0 Å². The minimum Gasteiger partial charge on any atom is -0.0991 e. The van der Waals surface area contributed by atoms with Gasteiger partial charge in [-0.2, -0.15) is 0 Å². The Morgan fingerprint density at radius 1 is 0.923 bits per heavy atom. The first kappa shape index (κ1) is 24.4. The van der Waals surface area contributed by atoms with Crippen LogP contribution in [0.2, 0.25) is 0 Å². The van der Waals surface area contributed by atoms with Crippen LogP contribution in [0.25, 0.3) is 0 Å². The van der Waals surface area contributed by atoms with Gasteiger partial charge in [0.2, 0.25) is 0 Å². The van der Waals surface area contributed by atoms with Gasteiger partial charge in [0.1, 0.15) is 0 Å². The average molecular weight is 355 g/mol. The molecule has 146 valence electrons. The van der Waals surface area contributed by atoms with Crippen LogP contribution in [0.5, 0.6) is 0 Å². The third-order valence-corrected chi connectivity index (χ3v) is 4.73. The second kappa shape index (κ2) is 12.7. The van der Waals surface area contributed by atoms with E-state index in [1.807, 2.05) is 25.2 Å². The zero-order valence-corrected chi connectivity index (χ0v) is 18.8. The van der Waals surface area contributed by atoms with E-state index in [9.17, 15) is 0 Å². The smallest absolute Gasteiger partial charge is 0.0216 e. The Hall–Kier alpha value is -1.56. The molecule has 0 unspecified atom stereocenters. The van der Waals surface area contributed by atoms with Gasteiger partial charge in [-0.05, 0) is 65.3 Å². The van der Waals surface area contributed by atoms with Gasteiger partial charge in [0.25, 0.3) is 0 Å². The molecule has 1 aromatic rings. The van der Waals surface area contributed by atoms with Crippen LogP contribution >= 0.6 is 0 Å². The molecule has 0 bridgehead atoms. The highest BCUT2D eigenvalue weighted by Crippen LogP contribution is 2.32. The third-order valence-electron chi connectivity index (χ3n) is 4.73. The molecule has 0 aliphatic rings. The minimum atomic E-state index is 0.621. The Bertz CT molecular complexity index is 565. The minimum absolute atomic E-state index is 0.621. The lowest BCUT2D eigenvalue weighted by atomic mass is 9.83. The molecular formula is C26H42. The van der Waals surface area contributed by atoms with Crippen LogP contribution in [0, 0.1) is 0 Å². The molecular weight excluding hydrogens is 312 g/mol. The van der Waals surface area contributed by atoms with Crippen LogP contribution in [0.3, 0.4) is 0 Å². The van der Waals surface area contributed by atoms with Crippen molar-refractivity contribution in [2.24, 2.45) is 0 Å². The van der Waals surface area contributed by atoms with E-state index in [0.29, 0.717) is 17.8 Å². The molecule has 0 saturated carbocycles.